The van der Waals surface area contributed by atoms with Crippen LogP contribution in [0.4, 0.5) is 0 Å². The monoisotopic (exact) mass is 303 g/mol. The third-order valence-electron chi connectivity index (χ3n) is 3.62. The second kappa shape index (κ2) is 6.97. The molecule has 21 heavy (non-hydrogen) atoms. The Balaban J connectivity index is 2.27. The van der Waals surface area contributed by atoms with Gasteiger partial charge in [0.2, 0.25) is 0 Å². The van der Waals surface area contributed by atoms with Crippen LogP contribution < -0.4 is 10.5 Å². The van der Waals surface area contributed by atoms with Crippen molar-refractivity contribution < 1.29 is 4.74 Å². The second-order valence-electron chi connectivity index (χ2n) is 5.45. The summed E-state index contributed by atoms with van der Waals surface area (Å²) in [5.41, 5.74) is 9.24. The van der Waals surface area contributed by atoms with Gasteiger partial charge >= 0.3 is 0 Å². The Kier molecular flexibility index (Phi) is 5.27. The van der Waals surface area contributed by atoms with E-state index in [-0.39, 0.29) is 6.04 Å². The van der Waals surface area contributed by atoms with E-state index in [1.54, 1.807) is 0 Å². The summed E-state index contributed by atoms with van der Waals surface area (Å²) in [6.07, 6.45) is 1.77. The van der Waals surface area contributed by atoms with Gasteiger partial charge in [0.25, 0.3) is 0 Å². The van der Waals surface area contributed by atoms with Crippen LogP contribution in [0.25, 0.3) is 0 Å². The molecular weight excluding hydrogens is 282 g/mol. The predicted octanol–water partition coefficient (Wildman–Crippen LogP) is 5.03. The zero-order valence-corrected chi connectivity index (χ0v) is 13.6. The van der Waals surface area contributed by atoms with Crippen LogP contribution in [0, 0.1) is 13.8 Å². The molecule has 0 heterocycles. The van der Waals surface area contributed by atoms with Crippen molar-refractivity contribution >= 4 is 11.6 Å². The SMILES string of the molecule is CCC(N)Cc1ccccc1Oc1cc(C)c(Cl)c(C)c1. The van der Waals surface area contributed by atoms with Crippen molar-refractivity contribution in [2.24, 2.45) is 5.73 Å². The third-order valence-corrected chi connectivity index (χ3v) is 4.21. The average molecular weight is 304 g/mol. The Bertz CT molecular complexity index is 601. The van der Waals surface area contributed by atoms with E-state index < -0.39 is 0 Å². The van der Waals surface area contributed by atoms with Crippen molar-refractivity contribution in [1.82, 2.24) is 0 Å². The van der Waals surface area contributed by atoms with Gasteiger partial charge in [0.15, 0.2) is 0 Å². The molecule has 2 rings (SSSR count). The van der Waals surface area contributed by atoms with Crippen LogP contribution in [0.15, 0.2) is 36.4 Å². The Hall–Kier alpha value is -1.51. The minimum Gasteiger partial charge on any atom is -0.457 e. The molecule has 0 saturated heterocycles. The molecule has 0 aliphatic rings. The maximum atomic E-state index is 6.20. The fraction of sp³-hybridized carbons (Fsp3) is 0.333. The van der Waals surface area contributed by atoms with Crippen molar-refractivity contribution in [2.75, 3.05) is 0 Å². The number of halogens is 1. The highest BCUT2D eigenvalue weighted by Gasteiger charge is 2.10. The first kappa shape index (κ1) is 15.9. The molecule has 0 bridgehead atoms. The molecule has 0 aromatic heterocycles. The zero-order valence-electron chi connectivity index (χ0n) is 12.8. The molecule has 0 spiro atoms. The molecule has 1 unspecified atom stereocenters. The highest BCUT2D eigenvalue weighted by Crippen LogP contribution is 2.31. The van der Waals surface area contributed by atoms with Gasteiger partial charge in [-0.05, 0) is 61.6 Å². The van der Waals surface area contributed by atoms with Crippen molar-refractivity contribution in [1.29, 1.82) is 0 Å². The van der Waals surface area contributed by atoms with Crippen molar-refractivity contribution in [3.63, 3.8) is 0 Å². The van der Waals surface area contributed by atoms with Crippen LogP contribution in [-0.2, 0) is 6.42 Å². The first-order valence-corrected chi connectivity index (χ1v) is 7.67. The maximum Gasteiger partial charge on any atom is 0.130 e. The number of ether oxygens (including phenoxy) is 1. The standard InChI is InChI=1S/C18H22ClNO/c1-4-15(20)11-14-7-5-6-8-17(14)21-16-9-12(2)18(19)13(3)10-16/h5-10,15H,4,11,20H2,1-3H3. The first-order chi connectivity index (χ1) is 10.0. The number of aryl methyl sites for hydroxylation is 2. The van der Waals surface area contributed by atoms with Crippen LogP contribution in [0.1, 0.15) is 30.0 Å². The lowest BCUT2D eigenvalue weighted by Gasteiger charge is -2.15. The first-order valence-electron chi connectivity index (χ1n) is 7.29. The van der Waals surface area contributed by atoms with E-state index in [1.165, 1.54) is 0 Å². The molecule has 0 fully saturated rings. The summed E-state index contributed by atoms with van der Waals surface area (Å²) < 4.78 is 6.06. The van der Waals surface area contributed by atoms with E-state index in [2.05, 4.69) is 13.0 Å². The molecule has 2 aromatic carbocycles. The van der Waals surface area contributed by atoms with Crippen molar-refractivity contribution in [2.45, 2.75) is 39.7 Å². The van der Waals surface area contributed by atoms with Crippen molar-refractivity contribution in [3.8, 4) is 11.5 Å². The number of benzene rings is 2. The van der Waals surface area contributed by atoms with Gasteiger partial charge in [-0.25, -0.2) is 0 Å². The van der Waals surface area contributed by atoms with Gasteiger partial charge in [-0.2, -0.15) is 0 Å². The van der Waals surface area contributed by atoms with Crippen LogP contribution in [-0.4, -0.2) is 6.04 Å². The topological polar surface area (TPSA) is 35.2 Å². The number of hydrogen-bond donors (Lipinski definition) is 1. The summed E-state index contributed by atoms with van der Waals surface area (Å²) in [7, 11) is 0. The smallest absolute Gasteiger partial charge is 0.130 e. The Morgan fingerprint density at radius 1 is 1.14 bits per heavy atom. The highest BCUT2D eigenvalue weighted by atomic mass is 35.5. The molecule has 2 aromatic rings. The average Bonchev–Trinajstić information content (AvgIpc) is 2.46. The van der Waals surface area contributed by atoms with Gasteiger partial charge in [0.05, 0.1) is 0 Å². The van der Waals surface area contributed by atoms with E-state index in [4.69, 9.17) is 22.1 Å². The minimum absolute atomic E-state index is 0.156. The summed E-state index contributed by atoms with van der Waals surface area (Å²) in [4.78, 5) is 0. The largest absolute Gasteiger partial charge is 0.457 e. The normalized spacial score (nSPS) is 12.2. The van der Waals surface area contributed by atoms with Crippen LogP contribution in [0.5, 0.6) is 11.5 Å². The van der Waals surface area contributed by atoms with Crippen LogP contribution in [0.2, 0.25) is 5.02 Å². The number of hydrogen-bond acceptors (Lipinski definition) is 2. The Morgan fingerprint density at radius 2 is 1.76 bits per heavy atom. The molecule has 1 atom stereocenters. The summed E-state index contributed by atoms with van der Waals surface area (Å²) in [6, 6.07) is 12.1. The Morgan fingerprint density at radius 3 is 2.38 bits per heavy atom. The summed E-state index contributed by atoms with van der Waals surface area (Å²) in [5, 5.41) is 0.795. The molecule has 2 N–H and O–H groups in total. The lowest BCUT2D eigenvalue weighted by Crippen LogP contribution is -2.21. The number of rotatable bonds is 5. The molecule has 3 heteroatoms. The third kappa shape index (κ3) is 3.99. The van der Waals surface area contributed by atoms with Gasteiger partial charge in [0, 0.05) is 11.1 Å². The van der Waals surface area contributed by atoms with Gasteiger partial charge in [0.1, 0.15) is 11.5 Å². The summed E-state index contributed by atoms with van der Waals surface area (Å²) in [5.74, 6) is 1.68. The fourth-order valence-corrected chi connectivity index (χ4v) is 2.40. The second-order valence-corrected chi connectivity index (χ2v) is 5.83. The van der Waals surface area contributed by atoms with Gasteiger partial charge < -0.3 is 10.5 Å². The molecule has 0 aliphatic heterocycles. The molecule has 0 aliphatic carbocycles. The van der Waals surface area contributed by atoms with E-state index >= 15 is 0 Å². The molecule has 0 radical (unpaired) electrons. The number of nitrogens with two attached hydrogens (primary N) is 1. The predicted molar refractivity (Wildman–Crippen MR) is 89.4 cm³/mol. The van der Waals surface area contributed by atoms with Gasteiger partial charge in [-0.15, -0.1) is 0 Å². The summed E-state index contributed by atoms with van der Waals surface area (Å²) in [6.45, 7) is 6.07. The van der Waals surface area contributed by atoms with Gasteiger partial charge in [-0.1, -0.05) is 36.7 Å². The lowest BCUT2D eigenvalue weighted by molar-refractivity contribution is 0.471. The van der Waals surface area contributed by atoms with E-state index in [9.17, 15) is 0 Å². The fourth-order valence-electron chi connectivity index (χ4n) is 2.29. The van der Waals surface area contributed by atoms with Gasteiger partial charge in [-0.3, -0.25) is 0 Å². The quantitative estimate of drug-likeness (QED) is 0.841. The van der Waals surface area contributed by atoms with E-state index in [0.29, 0.717) is 0 Å². The highest BCUT2D eigenvalue weighted by molar-refractivity contribution is 6.32. The lowest BCUT2D eigenvalue weighted by atomic mass is 10.0. The van der Waals surface area contributed by atoms with E-state index in [1.807, 2.05) is 44.2 Å². The molecule has 2 nitrogen and oxygen atoms in total. The Labute approximate surface area is 131 Å². The maximum absolute atomic E-state index is 6.20. The van der Waals surface area contributed by atoms with E-state index in [0.717, 1.165) is 46.1 Å². The van der Waals surface area contributed by atoms with Crippen LogP contribution >= 0.6 is 11.6 Å². The molecule has 0 amide bonds. The molecule has 112 valence electrons. The van der Waals surface area contributed by atoms with Crippen molar-refractivity contribution in [3.05, 3.63) is 58.1 Å². The summed E-state index contributed by atoms with van der Waals surface area (Å²) >= 11 is 6.20. The molecule has 0 saturated carbocycles. The zero-order chi connectivity index (χ0) is 15.4. The minimum atomic E-state index is 0.156. The van der Waals surface area contributed by atoms with Crippen LogP contribution in [0.3, 0.4) is 0 Å². The molecular formula is C18H22ClNO. The number of para-hydroxylation sites is 1.